The molecule has 0 aromatic heterocycles. The van der Waals surface area contributed by atoms with Crippen molar-refractivity contribution in [1.29, 1.82) is 0 Å². The molecule has 2 rings (SSSR count). The molecule has 20 heavy (non-hydrogen) atoms. The van der Waals surface area contributed by atoms with Crippen LogP contribution in [-0.2, 0) is 14.3 Å². The summed E-state index contributed by atoms with van der Waals surface area (Å²) in [4.78, 5) is 25.9. The van der Waals surface area contributed by atoms with Gasteiger partial charge in [-0.15, -0.1) is 0 Å². The van der Waals surface area contributed by atoms with Crippen LogP contribution in [0.1, 0.15) is 58.3 Å². The number of carbonyl (C=O) groups is 2. The van der Waals surface area contributed by atoms with Crippen molar-refractivity contribution in [3.8, 4) is 0 Å². The van der Waals surface area contributed by atoms with E-state index in [1.54, 1.807) is 12.0 Å². The Morgan fingerprint density at radius 2 is 1.95 bits per heavy atom. The normalized spacial score (nSPS) is 28.2. The number of ether oxygens (including phenoxy) is 1. The number of aliphatic carboxylic acids is 1. The number of nitrogens with zero attached hydrogens (tertiary/aromatic N) is 1. The minimum atomic E-state index is -0.982. The maximum atomic E-state index is 12.6. The van der Waals surface area contributed by atoms with Crippen LogP contribution in [0.25, 0.3) is 0 Å². The molecule has 1 amide bonds. The molecule has 5 nitrogen and oxygen atoms in total. The van der Waals surface area contributed by atoms with E-state index in [2.05, 4.69) is 0 Å². The number of rotatable bonds is 6. The molecule has 0 radical (unpaired) electrons. The van der Waals surface area contributed by atoms with Crippen molar-refractivity contribution in [2.45, 2.75) is 69.4 Å². The molecule has 1 saturated heterocycles. The zero-order valence-corrected chi connectivity index (χ0v) is 12.5. The van der Waals surface area contributed by atoms with Gasteiger partial charge < -0.3 is 14.7 Å². The van der Waals surface area contributed by atoms with Crippen molar-refractivity contribution in [2.24, 2.45) is 0 Å². The minimum absolute atomic E-state index is 0.0556. The molecule has 1 aliphatic carbocycles. The lowest BCUT2D eigenvalue weighted by Crippen LogP contribution is -2.55. The van der Waals surface area contributed by atoms with Gasteiger partial charge in [0.1, 0.15) is 5.54 Å². The second kappa shape index (κ2) is 5.72. The van der Waals surface area contributed by atoms with Crippen LogP contribution in [0.15, 0.2) is 0 Å². The van der Waals surface area contributed by atoms with Crippen LogP contribution in [0, 0.1) is 0 Å². The van der Waals surface area contributed by atoms with Gasteiger partial charge in [-0.3, -0.25) is 4.79 Å². The van der Waals surface area contributed by atoms with Crippen molar-refractivity contribution in [3.63, 3.8) is 0 Å². The van der Waals surface area contributed by atoms with E-state index in [-0.39, 0.29) is 11.5 Å². The summed E-state index contributed by atoms with van der Waals surface area (Å²) in [5.74, 6) is -0.912. The van der Waals surface area contributed by atoms with Crippen molar-refractivity contribution in [2.75, 3.05) is 13.7 Å². The zero-order valence-electron chi connectivity index (χ0n) is 12.5. The molecule has 114 valence electrons. The second-order valence-corrected chi connectivity index (χ2v) is 6.15. The third kappa shape index (κ3) is 2.43. The molecule has 0 bridgehead atoms. The summed E-state index contributed by atoms with van der Waals surface area (Å²) >= 11 is 0. The molecular weight excluding hydrogens is 258 g/mol. The predicted octanol–water partition coefficient (Wildman–Crippen LogP) is 2.19. The first-order valence-corrected chi connectivity index (χ1v) is 7.59. The van der Waals surface area contributed by atoms with Crippen LogP contribution < -0.4 is 0 Å². The van der Waals surface area contributed by atoms with Crippen LogP contribution in [0.5, 0.6) is 0 Å². The Hall–Kier alpha value is -1.10. The summed E-state index contributed by atoms with van der Waals surface area (Å²) in [5.41, 5.74) is -1.32. The van der Waals surface area contributed by atoms with Crippen molar-refractivity contribution in [3.05, 3.63) is 0 Å². The first-order chi connectivity index (χ1) is 9.49. The van der Waals surface area contributed by atoms with Crippen LogP contribution in [0.2, 0.25) is 0 Å². The van der Waals surface area contributed by atoms with E-state index >= 15 is 0 Å². The van der Waals surface area contributed by atoms with Crippen LogP contribution in [0.3, 0.4) is 0 Å². The quantitative estimate of drug-likeness (QED) is 0.811. The summed E-state index contributed by atoms with van der Waals surface area (Å²) in [7, 11) is 1.65. The van der Waals surface area contributed by atoms with Gasteiger partial charge in [-0.2, -0.15) is 0 Å². The highest BCUT2D eigenvalue weighted by atomic mass is 16.5. The highest BCUT2D eigenvalue weighted by molar-refractivity contribution is 5.88. The van der Waals surface area contributed by atoms with E-state index < -0.39 is 11.5 Å². The Balaban J connectivity index is 2.13. The van der Waals surface area contributed by atoms with E-state index in [0.29, 0.717) is 25.8 Å². The summed E-state index contributed by atoms with van der Waals surface area (Å²) in [6, 6.07) is 0. The molecule has 1 N–H and O–H groups in total. The molecule has 1 atom stereocenters. The lowest BCUT2D eigenvalue weighted by atomic mass is 9.77. The molecular formula is C15H25NO4. The van der Waals surface area contributed by atoms with Crippen LogP contribution in [-0.4, -0.2) is 46.7 Å². The molecule has 0 spiro atoms. The predicted molar refractivity (Wildman–Crippen MR) is 74.4 cm³/mol. The summed E-state index contributed by atoms with van der Waals surface area (Å²) in [6.07, 6.45) is 5.86. The topological polar surface area (TPSA) is 66.8 Å². The summed E-state index contributed by atoms with van der Waals surface area (Å²) in [5, 5.41) is 9.62. The summed E-state index contributed by atoms with van der Waals surface area (Å²) < 4.78 is 5.50. The van der Waals surface area contributed by atoms with Crippen LogP contribution >= 0.6 is 0 Å². The van der Waals surface area contributed by atoms with Gasteiger partial charge in [0.25, 0.3) is 0 Å². The Labute approximate surface area is 120 Å². The lowest BCUT2D eigenvalue weighted by Gasteiger charge is -2.42. The fraction of sp³-hybridized carbons (Fsp3) is 0.867. The molecule has 1 unspecified atom stereocenters. The number of carboxylic acids is 1. The highest BCUT2D eigenvalue weighted by Gasteiger charge is 2.51. The van der Waals surface area contributed by atoms with E-state index in [9.17, 15) is 14.7 Å². The maximum Gasteiger partial charge on any atom is 0.329 e. The lowest BCUT2D eigenvalue weighted by molar-refractivity contribution is -0.162. The van der Waals surface area contributed by atoms with Gasteiger partial charge in [0, 0.05) is 13.7 Å². The number of hydrogen-bond acceptors (Lipinski definition) is 3. The molecule has 2 aliphatic rings. The second-order valence-electron chi connectivity index (χ2n) is 6.15. The third-order valence-corrected chi connectivity index (χ3v) is 5.02. The third-order valence-electron chi connectivity index (χ3n) is 5.02. The fourth-order valence-corrected chi connectivity index (χ4v) is 3.64. The smallest absolute Gasteiger partial charge is 0.329 e. The Morgan fingerprint density at radius 1 is 1.25 bits per heavy atom. The van der Waals surface area contributed by atoms with Gasteiger partial charge in [0.2, 0.25) is 5.91 Å². The zero-order chi connectivity index (χ0) is 14.8. The van der Waals surface area contributed by atoms with Crippen molar-refractivity contribution < 1.29 is 19.4 Å². The number of amides is 1. The number of methoxy groups -OCH3 is 1. The first kappa shape index (κ1) is 15.3. The van der Waals surface area contributed by atoms with Gasteiger partial charge in [-0.25, -0.2) is 4.79 Å². The van der Waals surface area contributed by atoms with Crippen molar-refractivity contribution in [1.82, 2.24) is 4.90 Å². The Morgan fingerprint density at radius 3 is 2.40 bits per heavy atom. The molecule has 0 aromatic carbocycles. The van der Waals surface area contributed by atoms with Gasteiger partial charge in [0.15, 0.2) is 0 Å². The Kier molecular flexibility index (Phi) is 4.37. The van der Waals surface area contributed by atoms with Gasteiger partial charge in [0.05, 0.1) is 12.0 Å². The van der Waals surface area contributed by atoms with Crippen LogP contribution in [0.4, 0.5) is 0 Å². The monoisotopic (exact) mass is 283 g/mol. The molecule has 1 aliphatic heterocycles. The van der Waals surface area contributed by atoms with Gasteiger partial charge in [-0.1, -0.05) is 13.3 Å². The van der Waals surface area contributed by atoms with Gasteiger partial charge >= 0.3 is 5.97 Å². The number of likely N-dealkylation sites (tertiary alicyclic amines) is 1. The maximum absolute atomic E-state index is 12.6. The van der Waals surface area contributed by atoms with Gasteiger partial charge in [-0.05, 0) is 38.5 Å². The number of carboxylic acid groups (broad SMARTS) is 1. The van der Waals surface area contributed by atoms with E-state index in [1.807, 2.05) is 6.92 Å². The standard InChI is InChI=1S/C15H25NO4/c1-3-6-15(13(18)19)9-5-10-16(15)12(17)11-14(20-2)7-4-8-14/h3-11H2,1-2H3,(H,18,19). The number of carbonyl (C=O) groups excluding carboxylic acids is 1. The molecule has 5 heteroatoms. The van der Waals surface area contributed by atoms with Crippen molar-refractivity contribution >= 4 is 11.9 Å². The molecule has 2 fully saturated rings. The molecule has 0 aromatic rings. The highest BCUT2D eigenvalue weighted by Crippen LogP contribution is 2.41. The summed E-state index contributed by atoms with van der Waals surface area (Å²) in [6.45, 7) is 2.53. The molecule has 1 heterocycles. The van der Waals surface area contributed by atoms with E-state index in [1.165, 1.54) is 0 Å². The first-order valence-electron chi connectivity index (χ1n) is 7.59. The molecule has 1 saturated carbocycles. The SMILES string of the molecule is CCCC1(C(=O)O)CCCN1C(=O)CC1(OC)CCC1. The van der Waals surface area contributed by atoms with E-state index in [0.717, 1.165) is 32.1 Å². The Bertz CT molecular complexity index is 386. The average molecular weight is 283 g/mol. The average Bonchev–Trinajstić information content (AvgIpc) is 2.79. The fourth-order valence-electron chi connectivity index (χ4n) is 3.64. The number of hydrogen-bond donors (Lipinski definition) is 1. The largest absolute Gasteiger partial charge is 0.479 e. The van der Waals surface area contributed by atoms with E-state index in [4.69, 9.17) is 4.74 Å². The minimum Gasteiger partial charge on any atom is -0.479 e.